The topological polar surface area (TPSA) is 465 Å². The Morgan fingerprint density at radius 1 is 0.571 bits per heavy atom. The first-order valence-electron chi connectivity index (χ1n) is 27.3. The number of carboxylic acids is 4. The highest BCUT2D eigenvalue weighted by Gasteiger charge is 2.39. The third-order valence-corrected chi connectivity index (χ3v) is 14.7. The molecule has 0 aromatic heterocycles. The van der Waals surface area contributed by atoms with Crippen LogP contribution in [0.2, 0.25) is 0 Å². The lowest BCUT2D eigenvalue weighted by Crippen LogP contribution is -2.58. The van der Waals surface area contributed by atoms with E-state index < -0.39 is 119 Å². The van der Waals surface area contributed by atoms with Crippen LogP contribution in [-0.4, -0.2) is 274 Å². The number of carbonyl (C=O) groups excluding carboxylic acids is 9. The lowest BCUT2D eigenvalue weighted by Gasteiger charge is -2.32. The van der Waals surface area contributed by atoms with Crippen LogP contribution < -0.4 is 48.3 Å². The van der Waals surface area contributed by atoms with E-state index in [0.29, 0.717) is 5.56 Å². The van der Waals surface area contributed by atoms with Crippen LogP contribution in [0.15, 0.2) is 30.3 Å². The third kappa shape index (κ3) is 26.1. The average molecular weight is 1200 g/mol. The number of benzene rings is 1. The zero-order valence-electron chi connectivity index (χ0n) is 46.5. The molecule has 15 N–H and O–H groups in total. The first kappa shape index (κ1) is 68.5. The molecule has 3 saturated heterocycles. The van der Waals surface area contributed by atoms with Crippen molar-refractivity contribution in [2.45, 2.75) is 80.8 Å². The summed E-state index contributed by atoms with van der Waals surface area (Å²) in [4.78, 5) is 175. The molecular formula is C51H77N15O17S. The first-order valence-corrected chi connectivity index (χ1v) is 28.4. The normalized spacial score (nSPS) is 21.6. The van der Waals surface area contributed by atoms with Gasteiger partial charge in [-0.1, -0.05) is 30.3 Å². The van der Waals surface area contributed by atoms with Crippen molar-refractivity contribution < 1.29 is 82.8 Å². The Morgan fingerprint density at radius 2 is 1.06 bits per heavy atom. The molecule has 5 atom stereocenters. The maximum Gasteiger partial charge on any atom is 0.317 e. The third-order valence-electron chi connectivity index (χ3n) is 13.5. The second-order valence-electron chi connectivity index (χ2n) is 20.2. The molecule has 3 aliphatic rings. The van der Waals surface area contributed by atoms with Crippen molar-refractivity contribution in [2.75, 3.05) is 117 Å². The molecule has 4 rings (SSSR count). The molecule has 9 amide bonds. The number of nitrogens with zero attached hydrogens (tertiary/aromatic N) is 5. The summed E-state index contributed by atoms with van der Waals surface area (Å²) in [5.74, 6) is -11.8. The number of nitrogens with one attached hydrogen (secondary N) is 9. The molecule has 0 radical (unpaired) electrons. The van der Waals surface area contributed by atoms with Crippen LogP contribution in [-0.2, 0) is 68.7 Å². The standard InChI is InChI=1S/C51H77N15O17S/c52-51(53)56-12-6-10-33-46(79)57-26-38(67)58-36(24-42(71)72)49(82)61-35(23-32-7-2-1-3-8-32)48(81)60-34(47(80)59-33)9-4-5-11-54-40(69)31-84-37-25-41(70)66(50(37)83)14-13-55-39(68)27-62-15-17-63(28-43(73)74)19-21-65(30-45(77)78)22-20-64(18-16-62)29-44(75)76/h1-3,7-8,33-37H,4-6,9-31H2,(H,54,69)(H,55,68)(H,57,79)(H,58,67)(H,59,80)(H,60,81)(H,61,82)(H,71,72)(H,73,74)(H,75,76)(H,77,78)(H4,52,53,56)/t33-,34+,35-,36-,37?/m0/s1. The number of hydrogen-bond donors (Lipinski definition) is 14. The molecule has 32 nitrogen and oxygen atoms in total. The zero-order chi connectivity index (χ0) is 61.7. The van der Waals surface area contributed by atoms with Crippen LogP contribution in [0.5, 0.6) is 0 Å². The number of aliphatic carboxylic acids is 4. The Kier molecular flexibility index (Phi) is 29.2. The Hall–Kier alpha value is -8.01. The van der Waals surface area contributed by atoms with Gasteiger partial charge in [-0.25, -0.2) is 0 Å². The first-order chi connectivity index (χ1) is 39.9. The van der Waals surface area contributed by atoms with Crippen LogP contribution in [0, 0.1) is 5.41 Å². The smallest absolute Gasteiger partial charge is 0.317 e. The summed E-state index contributed by atoms with van der Waals surface area (Å²) in [6.07, 6.45) is -0.614. The summed E-state index contributed by atoms with van der Waals surface area (Å²) >= 11 is 0.942. The monoisotopic (exact) mass is 1200 g/mol. The van der Waals surface area contributed by atoms with E-state index in [1.165, 1.54) is 0 Å². The van der Waals surface area contributed by atoms with Crippen LogP contribution >= 0.6 is 11.8 Å². The van der Waals surface area contributed by atoms with Gasteiger partial charge < -0.3 is 68.7 Å². The van der Waals surface area contributed by atoms with Crippen LogP contribution in [0.4, 0.5) is 0 Å². The number of imide groups is 1. The van der Waals surface area contributed by atoms with Gasteiger partial charge in [-0.05, 0) is 37.7 Å². The number of likely N-dealkylation sites (tertiary alicyclic amines) is 1. The van der Waals surface area contributed by atoms with Gasteiger partial charge in [0, 0.05) is 91.4 Å². The predicted molar refractivity (Wildman–Crippen MR) is 298 cm³/mol. The molecule has 1 unspecified atom stereocenters. The van der Waals surface area contributed by atoms with Crippen molar-refractivity contribution in [1.29, 1.82) is 5.41 Å². The fourth-order valence-corrected chi connectivity index (χ4v) is 10.1. The van der Waals surface area contributed by atoms with Crippen molar-refractivity contribution in [3.05, 3.63) is 35.9 Å². The second-order valence-corrected chi connectivity index (χ2v) is 21.4. The van der Waals surface area contributed by atoms with Gasteiger partial charge in [0.25, 0.3) is 0 Å². The van der Waals surface area contributed by atoms with Gasteiger partial charge in [-0.3, -0.25) is 92.2 Å². The van der Waals surface area contributed by atoms with Gasteiger partial charge in [0.1, 0.15) is 24.2 Å². The molecule has 1 aromatic carbocycles. The number of thioether (sulfide) groups is 1. The molecule has 0 aliphatic carbocycles. The van der Waals surface area contributed by atoms with E-state index in [9.17, 15) is 82.8 Å². The number of rotatable bonds is 27. The molecule has 464 valence electrons. The quantitative estimate of drug-likeness (QED) is 0.0169. The fraction of sp³-hybridized carbons (Fsp3) is 0.608. The van der Waals surface area contributed by atoms with E-state index in [2.05, 4.69) is 42.5 Å². The van der Waals surface area contributed by atoms with E-state index >= 15 is 0 Å². The summed E-state index contributed by atoms with van der Waals surface area (Å²) in [7, 11) is 0. The van der Waals surface area contributed by atoms with Gasteiger partial charge in [0.05, 0.1) is 50.1 Å². The summed E-state index contributed by atoms with van der Waals surface area (Å²) in [6.45, 7) is -0.381. The zero-order valence-corrected chi connectivity index (χ0v) is 47.3. The second kappa shape index (κ2) is 35.9. The van der Waals surface area contributed by atoms with Crippen molar-refractivity contribution in [3.63, 3.8) is 0 Å². The predicted octanol–water partition coefficient (Wildman–Crippen LogP) is -6.23. The van der Waals surface area contributed by atoms with E-state index in [1.807, 2.05) is 0 Å². The maximum absolute atomic E-state index is 14.1. The van der Waals surface area contributed by atoms with Gasteiger partial charge in [0.2, 0.25) is 53.2 Å². The average Bonchev–Trinajstić information content (AvgIpc) is 3.97. The lowest BCUT2D eigenvalue weighted by molar-refractivity contribution is -0.141. The lowest BCUT2D eigenvalue weighted by atomic mass is 10.0. The summed E-state index contributed by atoms with van der Waals surface area (Å²) < 4.78 is 0. The SMILES string of the molecule is N=C(N)NCCC[C@@H]1NC(=O)[C@@H](CCCCNC(=O)CSC2CC(=O)N(CCNC(=O)CN3CCN(CC(=O)O)CCN(CC(=O)O)CCN(CC(=O)O)CC3)C2=O)NC(=O)[C@H](Cc2ccccc2)NC(=O)[C@H](CC(=O)O)NC(=O)CNC1=O. The van der Waals surface area contributed by atoms with Crippen molar-refractivity contribution in [2.24, 2.45) is 5.73 Å². The number of hydrogen-bond acceptors (Lipinski definition) is 19. The Morgan fingerprint density at radius 3 is 1.61 bits per heavy atom. The largest absolute Gasteiger partial charge is 0.481 e. The van der Waals surface area contributed by atoms with E-state index in [4.69, 9.17) is 11.1 Å². The highest BCUT2D eigenvalue weighted by Crippen LogP contribution is 2.25. The van der Waals surface area contributed by atoms with Gasteiger partial charge in [0.15, 0.2) is 5.96 Å². The van der Waals surface area contributed by atoms with Crippen molar-refractivity contribution >= 4 is 94.8 Å². The molecule has 84 heavy (non-hydrogen) atoms. The number of carboxylic acid groups (broad SMARTS) is 4. The molecule has 3 fully saturated rings. The highest BCUT2D eigenvalue weighted by atomic mass is 32.2. The Labute approximate surface area is 487 Å². The minimum absolute atomic E-state index is 0.0266. The van der Waals surface area contributed by atoms with E-state index in [1.54, 1.807) is 49.9 Å². The minimum atomic E-state index is -1.67. The summed E-state index contributed by atoms with van der Waals surface area (Å²) in [5, 5.41) is 64.9. The number of carbonyl (C=O) groups is 13. The van der Waals surface area contributed by atoms with E-state index in [-0.39, 0.29) is 161 Å². The molecule has 33 heteroatoms. The maximum atomic E-state index is 14.1. The molecule has 3 heterocycles. The molecule has 0 spiro atoms. The number of guanidine groups is 1. The number of unbranched alkanes of at least 4 members (excludes halogenated alkanes) is 1. The fourth-order valence-electron chi connectivity index (χ4n) is 9.16. The van der Waals surface area contributed by atoms with Gasteiger partial charge >= 0.3 is 23.9 Å². The summed E-state index contributed by atoms with van der Waals surface area (Å²) in [6, 6.07) is 2.79. The molecular weight excluding hydrogens is 1130 g/mol. The Bertz CT molecular complexity index is 2480. The number of nitrogens with two attached hydrogens (primary N) is 1. The molecule has 1 aromatic rings. The molecule has 3 aliphatic heterocycles. The van der Waals surface area contributed by atoms with Crippen molar-refractivity contribution in [3.8, 4) is 0 Å². The molecule has 0 saturated carbocycles. The van der Waals surface area contributed by atoms with Crippen LogP contribution in [0.3, 0.4) is 0 Å². The Balaban J connectivity index is 1.32. The minimum Gasteiger partial charge on any atom is -0.481 e. The molecule has 0 bridgehead atoms. The van der Waals surface area contributed by atoms with E-state index in [0.717, 1.165) is 16.7 Å². The van der Waals surface area contributed by atoms with Crippen molar-refractivity contribution in [1.82, 2.24) is 67.0 Å². The van der Waals surface area contributed by atoms with Crippen LogP contribution in [0.25, 0.3) is 0 Å². The van der Waals surface area contributed by atoms with Gasteiger partial charge in [-0.15, -0.1) is 11.8 Å². The highest BCUT2D eigenvalue weighted by molar-refractivity contribution is 8.01. The number of amides is 9. The van der Waals surface area contributed by atoms with Crippen LogP contribution in [0.1, 0.15) is 50.5 Å². The summed E-state index contributed by atoms with van der Waals surface area (Å²) in [5.41, 5.74) is 5.96. The van der Waals surface area contributed by atoms with Gasteiger partial charge in [-0.2, -0.15) is 0 Å².